The standard InChI is InChI=1S/C18H16FN5/c1-11-10-24-16(20-11)9-8-15(22-24)18-17(21-12(2)23(18)3)13-4-6-14(19)7-5-13/h4-10H,1-3H3. The first-order valence-corrected chi connectivity index (χ1v) is 7.65. The lowest BCUT2D eigenvalue weighted by Gasteiger charge is -2.07. The van der Waals surface area contributed by atoms with Gasteiger partial charge in [0, 0.05) is 12.6 Å². The number of nitrogens with zero attached hydrogens (tertiary/aromatic N) is 5. The van der Waals surface area contributed by atoms with Crippen molar-refractivity contribution >= 4 is 5.65 Å². The van der Waals surface area contributed by atoms with E-state index in [4.69, 9.17) is 0 Å². The summed E-state index contributed by atoms with van der Waals surface area (Å²) in [6, 6.07) is 10.2. The molecule has 120 valence electrons. The van der Waals surface area contributed by atoms with Crippen LogP contribution in [0.4, 0.5) is 4.39 Å². The molecule has 0 radical (unpaired) electrons. The molecule has 4 rings (SSSR count). The monoisotopic (exact) mass is 321 g/mol. The van der Waals surface area contributed by atoms with Gasteiger partial charge in [-0.2, -0.15) is 5.10 Å². The SMILES string of the molecule is Cc1cn2nc(-c3c(-c4ccc(F)cc4)nc(C)n3C)ccc2n1. The van der Waals surface area contributed by atoms with Crippen molar-refractivity contribution in [2.75, 3.05) is 0 Å². The highest BCUT2D eigenvalue weighted by Gasteiger charge is 2.18. The maximum atomic E-state index is 13.2. The highest BCUT2D eigenvalue weighted by molar-refractivity contribution is 5.77. The molecule has 0 amide bonds. The van der Waals surface area contributed by atoms with Gasteiger partial charge < -0.3 is 4.57 Å². The Hall–Kier alpha value is -3.02. The summed E-state index contributed by atoms with van der Waals surface area (Å²) in [6.07, 6.45) is 1.89. The summed E-state index contributed by atoms with van der Waals surface area (Å²) in [5, 5.41) is 4.66. The molecule has 0 saturated carbocycles. The summed E-state index contributed by atoms with van der Waals surface area (Å²) in [7, 11) is 1.95. The van der Waals surface area contributed by atoms with E-state index in [9.17, 15) is 4.39 Å². The lowest BCUT2D eigenvalue weighted by molar-refractivity contribution is 0.628. The number of aryl methyl sites for hydroxylation is 2. The molecule has 0 aliphatic carbocycles. The molecule has 0 spiro atoms. The minimum Gasteiger partial charge on any atom is -0.330 e. The van der Waals surface area contributed by atoms with Crippen LogP contribution in [0.3, 0.4) is 0 Å². The predicted octanol–water partition coefficient (Wildman–Crippen LogP) is 3.55. The number of halogens is 1. The molecular weight excluding hydrogens is 305 g/mol. The average Bonchev–Trinajstić information content (AvgIpc) is 3.07. The molecule has 5 nitrogen and oxygen atoms in total. The Labute approximate surface area is 138 Å². The molecule has 0 bridgehead atoms. The predicted molar refractivity (Wildman–Crippen MR) is 90.1 cm³/mol. The molecule has 0 aliphatic heterocycles. The molecule has 24 heavy (non-hydrogen) atoms. The van der Waals surface area contributed by atoms with Crippen LogP contribution in [0.25, 0.3) is 28.3 Å². The highest BCUT2D eigenvalue weighted by Crippen LogP contribution is 2.31. The number of hydrogen-bond donors (Lipinski definition) is 0. The van der Waals surface area contributed by atoms with Crippen LogP contribution in [-0.4, -0.2) is 24.1 Å². The maximum absolute atomic E-state index is 13.2. The molecule has 0 saturated heterocycles. The highest BCUT2D eigenvalue weighted by atomic mass is 19.1. The van der Waals surface area contributed by atoms with E-state index in [-0.39, 0.29) is 5.82 Å². The molecule has 0 atom stereocenters. The number of aromatic nitrogens is 5. The largest absolute Gasteiger partial charge is 0.330 e. The van der Waals surface area contributed by atoms with Crippen molar-refractivity contribution in [3.63, 3.8) is 0 Å². The van der Waals surface area contributed by atoms with Crippen molar-refractivity contribution < 1.29 is 4.39 Å². The van der Waals surface area contributed by atoms with Crippen LogP contribution in [0.2, 0.25) is 0 Å². The van der Waals surface area contributed by atoms with E-state index in [1.54, 1.807) is 16.6 Å². The third-order valence-corrected chi connectivity index (χ3v) is 4.12. The molecule has 1 aromatic carbocycles. The quantitative estimate of drug-likeness (QED) is 0.567. The van der Waals surface area contributed by atoms with Crippen molar-refractivity contribution in [1.29, 1.82) is 0 Å². The minimum atomic E-state index is -0.263. The van der Waals surface area contributed by atoms with E-state index < -0.39 is 0 Å². The van der Waals surface area contributed by atoms with Crippen molar-refractivity contribution in [2.45, 2.75) is 13.8 Å². The van der Waals surface area contributed by atoms with Gasteiger partial charge in [-0.05, 0) is 50.2 Å². The Morgan fingerprint density at radius 2 is 1.71 bits per heavy atom. The van der Waals surface area contributed by atoms with E-state index in [1.807, 2.05) is 43.8 Å². The zero-order chi connectivity index (χ0) is 16.8. The van der Waals surface area contributed by atoms with Gasteiger partial charge in [0.05, 0.1) is 23.3 Å². The van der Waals surface area contributed by atoms with Gasteiger partial charge in [-0.3, -0.25) is 0 Å². The number of rotatable bonds is 2. The number of benzene rings is 1. The van der Waals surface area contributed by atoms with Crippen LogP contribution >= 0.6 is 0 Å². The van der Waals surface area contributed by atoms with Crippen LogP contribution in [-0.2, 0) is 7.05 Å². The molecule has 4 aromatic rings. The molecule has 3 aromatic heterocycles. The molecular formula is C18H16FN5. The summed E-state index contributed by atoms with van der Waals surface area (Å²) < 4.78 is 17.0. The maximum Gasteiger partial charge on any atom is 0.153 e. The van der Waals surface area contributed by atoms with Crippen LogP contribution in [0.5, 0.6) is 0 Å². The summed E-state index contributed by atoms with van der Waals surface area (Å²) in [4.78, 5) is 9.05. The molecule has 3 heterocycles. The van der Waals surface area contributed by atoms with Gasteiger partial charge in [-0.25, -0.2) is 18.9 Å². The van der Waals surface area contributed by atoms with Gasteiger partial charge in [-0.15, -0.1) is 0 Å². The zero-order valence-corrected chi connectivity index (χ0v) is 13.7. The molecule has 6 heteroatoms. The normalized spacial score (nSPS) is 11.3. The van der Waals surface area contributed by atoms with Crippen LogP contribution in [0.1, 0.15) is 11.5 Å². The fourth-order valence-corrected chi connectivity index (χ4v) is 2.84. The first-order chi connectivity index (χ1) is 11.5. The second kappa shape index (κ2) is 5.26. The van der Waals surface area contributed by atoms with Crippen molar-refractivity contribution in [3.05, 3.63) is 59.9 Å². The van der Waals surface area contributed by atoms with Crippen LogP contribution in [0.15, 0.2) is 42.6 Å². The third-order valence-electron chi connectivity index (χ3n) is 4.12. The van der Waals surface area contributed by atoms with Gasteiger partial charge in [0.2, 0.25) is 0 Å². The Morgan fingerprint density at radius 3 is 2.46 bits per heavy atom. The fraction of sp³-hybridized carbons (Fsp3) is 0.167. The van der Waals surface area contributed by atoms with E-state index in [2.05, 4.69) is 15.1 Å². The number of hydrogen-bond acceptors (Lipinski definition) is 3. The summed E-state index contributed by atoms with van der Waals surface area (Å²) in [5.74, 6) is 0.606. The van der Waals surface area contributed by atoms with Gasteiger partial charge in [0.25, 0.3) is 0 Å². The number of imidazole rings is 2. The van der Waals surface area contributed by atoms with E-state index in [0.717, 1.165) is 39.8 Å². The Balaban J connectivity index is 1.94. The lowest BCUT2D eigenvalue weighted by atomic mass is 10.1. The van der Waals surface area contributed by atoms with E-state index in [1.165, 1.54) is 12.1 Å². The van der Waals surface area contributed by atoms with E-state index in [0.29, 0.717) is 0 Å². The lowest BCUT2D eigenvalue weighted by Crippen LogP contribution is -2.00. The van der Waals surface area contributed by atoms with Gasteiger partial charge in [0.1, 0.15) is 17.3 Å². The second-order valence-corrected chi connectivity index (χ2v) is 5.83. The Morgan fingerprint density at radius 1 is 0.958 bits per heavy atom. The first kappa shape index (κ1) is 14.6. The van der Waals surface area contributed by atoms with Gasteiger partial charge in [0.15, 0.2) is 5.65 Å². The van der Waals surface area contributed by atoms with Crippen molar-refractivity contribution in [1.82, 2.24) is 24.1 Å². The average molecular weight is 321 g/mol. The zero-order valence-electron chi connectivity index (χ0n) is 13.7. The summed E-state index contributed by atoms with van der Waals surface area (Å²) in [5.41, 5.74) is 5.06. The topological polar surface area (TPSA) is 48.0 Å². The molecule has 0 unspecified atom stereocenters. The van der Waals surface area contributed by atoms with Crippen LogP contribution in [0, 0.1) is 19.7 Å². The van der Waals surface area contributed by atoms with Gasteiger partial charge >= 0.3 is 0 Å². The van der Waals surface area contributed by atoms with Crippen LogP contribution < -0.4 is 0 Å². The fourth-order valence-electron chi connectivity index (χ4n) is 2.84. The Bertz CT molecular complexity index is 1040. The smallest absolute Gasteiger partial charge is 0.153 e. The first-order valence-electron chi connectivity index (χ1n) is 7.65. The summed E-state index contributed by atoms with van der Waals surface area (Å²) >= 11 is 0. The second-order valence-electron chi connectivity index (χ2n) is 5.83. The summed E-state index contributed by atoms with van der Waals surface area (Å²) in [6.45, 7) is 3.88. The third kappa shape index (κ3) is 2.27. The Kier molecular flexibility index (Phi) is 3.19. The van der Waals surface area contributed by atoms with Gasteiger partial charge in [-0.1, -0.05) is 0 Å². The number of fused-ring (bicyclic) bond motifs is 1. The van der Waals surface area contributed by atoms with E-state index >= 15 is 0 Å². The molecule has 0 aliphatic rings. The molecule has 0 N–H and O–H groups in total. The van der Waals surface area contributed by atoms with Crippen molar-refractivity contribution in [2.24, 2.45) is 7.05 Å². The minimum absolute atomic E-state index is 0.263. The van der Waals surface area contributed by atoms with Crippen molar-refractivity contribution in [3.8, 4) is 22.6 Å². The molecule has 0 fully saturated rings.